The number of aromatic amines is 1. The molecule has 1 aromatic heterocycles. The topological polar surface area (TPSA) is 37.9 Å². The van der Waals surface area contributed by atoms with Crippen LogP contribution in [0.3, 0.4) is 0 Å². The smallest absolute Gasteiger partial charge is 0.119 e. The Morgan fingerprint density at radius 1 is 0.880 bits per heavy atom. The Morgan fingerprint density at radius 3 is 2.36 bits per heavy atom. The van der Waals surface area contributed by atoms with E-state index in [1.807, 2.05) is 48.5 Å². The van der Waals surface area contributed by atoms with Crippen LogP contribution >= 0.6 is 0 Å². The summed E-state index contributed by atoms with van der Waals surface area (Å²) in [5.41, 5.74) is 4.49. The van der Waals surface area contributed by atoms with E-state index in [-0.39, 0.29) is 5.92 Å². The molecule has 25 heavy (non-hydrogen) atoms. The first kappa shape index (κ1) is 15.5. The van der Waals surface area contributed by atoms with E-state index >= 15 is 0 Å². The van der Waals surface area contributed by atoms with Crippen LogP contribution in [-0.4, -0.2) is 9.97 Å². The molecule has 0 fully saturated rings. The first-order valence-corrected chi connectivity index (χ1v) is 8.51. The van der Waals surface area contributed by atoms with Gasteiger partial charge in [0.2, 0.25) is 0 Å². The molecule has 3 aromatic carbocycles. The number of hydrogen-bond donors (Lipinski definition) is 1. The van der Waals surface area contributed by atoms with E-state index in [2.05, 4.69) is 42.2 Å². The Kier molecular flexibility index (Phi) is 4.21. The van der Waals surface area contributed by atoms with Crippen molar-refractivity contribution in [1.82, 2.24) is 9.97 Å². The maximum absolute atomic E-state index is 5.80. The van der Waals surface area contributed by atoms with Gasteiger partial charge in [-0.2, -0.15) is 0 Å². The molecule has 4 rings (SSSR count). The second-order valence-electron chi connectivity index (χ2n) is 6.20. The van der Waals surface area contributed by atoms with Gasteiger partial charge >= 0.3 is 0 Å². The molecule has 1 unspecified atom stereocenters. The number of benzene rings is 3. The van der Waals surface area contributed by atoms with Crippen LogP contribution in [0.1, 0.15) is 29.8 Å². The van der Waals surface area contributed by atoms with Gasteiger partial charge in [0.25, 0.3) is 0 Å². The number of aromatic nitrogens is 2. The molecule has 1 N–H and O–H groups in total. The Hall–Kier alpha value is -3.07. The molecule has 0 aliphatic rings. The van der Waals surface area contributed by atoms with E-state index in [9.17, 15) is 0 Å². The van der Waals surface area contributed by atoms with E-state index in [1.165, 1.54) is 5.56 Å². The van der Waals surface area contributed by atoms with Crippen LogP contribution in [0.15, 0.2) is 78.9 Å². The molecule has 0 bridgehead atoms. The lowest BCUT2D eigenvalue weighted by molar-refractivity contribution is 0.306. The summed E-state index contributed by atoms with van der Waals surface area (Å²) >= 11 is 0. The first-order valence-electron chi connectivity index (χ1n) is 8.51. The van der Waals surface area contributed by atoms with Gasteiger partial charge in [0.15, 0.2) is 0 Å². The molecule has 3 heteroatoms. The molecule has 124 valence electrons. The van der Waals surface area contributed by atoms with E-state index in [0.29, 0.717) is 6.61 Å². The van der Waals surface area contributed by atoms with Crippen LogP contribution in [0.5, 0.6) is 5.75 Å². The van der Waals surface area contributed by atoms with Crippen molar-refractivity contribution < 1.29 is 4.74 Å². The minimum Gasteiger partial charge on any atom is -0.489 e. The van der Waals surface area contributed by atoms with E-state index in [1.54, 1.807) is 0 Å². The number of ether oxygens (including phenoxy) is 1. The molecule has 0 saturated heterocycles. The zero-order valence-electron chi connectivity index (χ0n) is 14.1. The number of rotatable bonds is 5. The highest BCUT2D eigenvalue weighted by molar-refractivity contribution is 5.74. The van der Waals surface area contributed by atoms with Crippen molar-refractivity contribution in [1.29, 1.82) is 0 Å². The highest BCUT2D eigenvalue weighted by Crippen LogP contribution is 2.24. The number of H-pyrrole nitrogens is 1. The SMILES string of the molecule is CC(c1ccc(COc2ccccc2)cc1)c1nc2ccccc2[nH]1. The van der Waals surface area contributed by atoms with Crippen molar-refractivity contribution in [2.45, 2.75) is 19.4 Å². The Morgan fingerprint density at radius 2 is 1.60 bits per heavy atom. The summed E-state index contributed by atoms with van der Waals surface area (Å²) in [4.78, 5) is 8.13. The lowest BCUT2D eigenvalue weighted by Gasteiger charge is -2.11. The molecular weight excluding hydrogens is 308 g/mol. The fourth-order valence-corrected chi connectivity index (χ4v) is 2.92. The minimum atomic E-state index is 0.219. The number of fused-ring (bicyclic) bond motifs is 1. The van der Waals surface area contributed by atoms with Crippen LogP contribution < -0.4 is 4.74 Å². The fraction of sp³-hybridized carbons (Fsp3) is 0.136. The normalized spacial score (nSPS) is 12.2. The molecule has 1 heterocycles. The molecular formula is C22H20N2O. The largest absolute Gasteiger partial charge is 0.489 e. The van der Waals surface area contributed by atoms with Crippen molar-refractivity contribution in [2.75, 3.05) is 0 Å². The lowest BCUT2D eigenvalue weighted by Crippen LogP contribution is -2.00. The van der Waals surface area contributed by atoms with Crippen molar-refractivity contribution in [3.8, 4) is 5.75 Å². The van der Waals surface area contributed by atoms with Crippen molar-refractivity contribution in [3.63, 3.8) is 0 Å². The summed E-state index contributed by atoms with van der Waals surface area (Å²) in [5, 5.41) is 0. The first-order chi connectivity index (χ1) is 12.3. The molecule has 0 saturated carbocycles. The van der Waals surface area contributed by atoms with Gasteiger partial charge in [-0.1, -0.05) is 61.5 Å². The molecule has 1 atom stereocenters. The van der Waals surface area contributed by atoms with E-state index < -0.39 is 0 Å². The number of nitrogens with zero attached hydrogens (tertiary/aromatic N) is 1. The van der Waals surface area contributed by atoms with Crippen LogP contribution in [0.25, 0.3) is 11.0 Å². The minimum absolute atomic E-state index is 0.219. The molecule has 4 aromatic rings. The van der Waals surface area contributed by atoms with Crippen LogP contribution in [0, 0.1) is 0 Å². The molecule has 0 spiro atoms. The Labute approximate surface area is 147 Å². The Balaban J connectivity index is 1.47. The van der Waals surface area contributed by atoms with Crippen LogP contribution in [0.4, 0.5) is 0 Å². The summed E-state index contributed by atoms with van der Waals surface area (Å²) in [6, 6.07) is 26.6. The summed E-state index contributed by atoms with van der Waals surface area (Å²) in [6.07, 6.45) is 0. The third-order valence-corrected chi connectivity index (χ3v) is 4.45. The fourth-order valence-electron chi connectivity index (χ4n) is 2.92. The van der Waals surface area contributed by atoms with Gasteiger partial charge in [0.05, 0.1) is 11.0 Å². The molecule has 3 nitrogen and oxygen atoms in total. The van der Waals surface area contributed by atoms with Gasteiger partial charge < -0.3 is 9.72 Å². The summed E-state index contributed by atoms with van der Waals surface area (Å²) in [5.74, 6) is 2.10. The zero-order valence-corrected chi connectivity index (χ0v) is 14.1. The van der Waals surface area contributed by atoms with Crippen molar-refractivity contribution in [2.24, 2.45) is 0 Å². The van der Waals surface area contributed by atoms with Crippen LogP contribution in [-0.2, 0) is 6.61 Å². The van der Waals surface area contributed by atoms with Gasteiger partial charge in [0, 0.05) is 5.92 Å². The third kappa shape index (κ3) is 3.41. The van der Waals surface area contributed by atoms with Gasteiger partial charge in [-0.05, 0) is 35.4 Å². The predicted molar refractivity (Wildman–Crippen MR) is 101 cm³/mol. The van der Waals surface area contributed by atoms with E-state index in [0.717, 1.165) is 28.2 Å². The number of para-hydroxylation sites is 3. The van der Waals surface area contributed by atoms with Gasteiger partial charge in [-0.25, -0.2) is 4.98 Å². The highest BCUT2D eigenvalue weighted by Gasteiger charge is 2.13. The second kappa shape index (κ2) is 6.81. The molecule has 0 aliphatic carbocycles. The second-order valence-corrected chi connectivity index (χ2v) is 6.20. The maximum Gasteiger partial charge on any atom is 0.119 e. The average Bonchev–Trinajstić information content (AvgIpc) is 3.11. The zero-order chi connectivity index (χ0) is 17.1. The van der Waals surface area contributed by atoms with E-state index in [4.69, 9.17) is 9.72 Å². The maximum atomic E-state index is 5.80. The summed E-state index contributed by atoms with van der Waals surface area (Å²) < 4.78 is 5.80. The quantitative estimate of drug-likeness (QED) is 0.540. The van der Waals surface area contributed by atoms with Crippen molar-refractivity contribution in [3.05, 3.63) is 95.8 Å². The molecule has 0 aliphatic heterocycles. The third-order valence-electron chi connectivity index (χ3n) is 4.45. The average molecular weight is 328 g/mol. The summed E-state index contributed by atoms with van der Waals surface area (Å²) in [6.45, 7) is 2.75. The van der Waals surface area contributed by atoms with Gasteiger partial charge in [-0.3, -0.25) is 0 Å². The number of hydrogen-bond acceptors (Lipinski definition) is 2. The lowest BCUT2D eigenvalue weighted by atomic mass is 9.99. The number of imidazole rings is 1. The van der Waals surface area contributed by atoms with Gasteiger partial charge in [-0.15, -0.1) is 0 Å². The highest BCUT2D eigenvalue weighted by atomic mass is 16.5. The van der Waals surface area contributed by atoms with Crippen molar-refractivity contribution >= 4 is 11.0 Å². The Bertz CT molecular complexity index is 925. The number of nitrogens with one attached hydrogen (secondary N) is 1. The monoisotopic (exact) mass is 328 g/mol. The summed E-state index contributed by atoms with van der Waals surface area (Å²) in [7, 11) is 0. The molecule has 0 amide bonds. The standard InChI is InChI=1S/C22H20N2O/c1-16(22-23-20-9-5-6-10-21(20)24-22)18-13-11-17(12-14-18)15-25-19-7-3-2-4-8-19/h2-14,16H,15H2,1H3,(H,23,24). The predicted octanol–water partition coefficient (Wildman–Crippen LogP) is 5.29. The molecule has 0 radical (unpaired) electrons. The van der Waals surface area contributed by atoms with Crippen LogP contribution in [0.2, 0.25) is 0 Å². The van der Waals surface area contributed by atoms with Gasteiger partial charge in [0.1, 0.15) is 18.2 Å².